The molecule has 0 radical (unpaired) electrons. The first kappa shape index (κ1) is 10.3. The molecule has 1 fully saturated rings. The minimum absolute atomic E-state index is 0.0106. The first-order chi connectivity index (χ1) is 6.02. The maximum Gasteiger partial charge on any atom is 0.407 e. The van der Waals surface area contributed by atoms with Crippen molar-refractivity contribution in [3.63, 3.8) is 0 Å². The zero-order valence-corrected chi connectivity index (χ0v) is 8.29. The van der Waals surface area contributed by atoms with Crippen molar-refractivity contribution in [2.24, 2.45) is 5.73 Å². The Kier molecular flexibility index (Phi) is 2.81. The highest BCUT2D eigenvalue weighted by molar-refractivity contribution is 5.67. The highest BCUT2D eigenvalue weighted by Crippen LogP contribution is 2.32. The van der Waals surface area contributed by atoms with Crippen LogP contribution in [0.15, 0.2) is 0 Å². The molecule has 13 heavy (non-hydrogen) atoms. The van der Waals surface area contributed by atoms with Crippen LogP contribution in [0.25, 0.3) is 0 Å². The molecule has 4 nitrogen and oxygen atoms in total. The van der Waals surface area contributed by atoms with Gasteiger partial charge in [0.15, 0.2) is 0 Å². The fourth-order valence-electron chi connectivity index (χ4n) is 2.18. The molecule has 0 spiro atoms. The third-order valence-corrected chi connectivity index (χ3v) is 3.07. The largest absolute Gasteiger partial charge is 0.465 e. The van der Waals surface area contributed by atoms with Gasteiger partial charge in [-0.05, 0) is 19.8 Å². The third kappa shape index (κ3) is 1.63. The lowest BCUT2D eigenvalue weighted by Gasteiger charge is -2.36. The van der Waals surface area contributed by atoms with Crippen molar-refractivity contribution in [1.29, 1.82) is 0 Å². The molecule has 1 aliphatic heterocycles. The van der Waals surface area contributed by atoms with E-state index in [9.17, 15) is 4.79 Å². The summed E-state index contributed by atoms with van der Waals surface area (Å²) in [5.74, 6) is 0. The van der Waals surface area contributed by atoms with Crippen LogP contribution in [0, 0.1) is 0 Å². The number of nitrogens with zero attached hydrogens (tertiary/aromatic N) is 1. The number of hydrogen-bond donors (Lipinski definition) is 2. The van der Waals surface area contributed by atoms with Crippen molar-refractivity contribution >= 4 is 6.09 Å². The zero-order chi connectivity index (χ0) is 10.1. The normalized spacial score (nSPS) is 33.8. The number of carbonyl (C=O) groups is 1. The summed E-state index contributed by atoms with van der Waals surface area (Å²) in [5, 5.41) is 8.96. The van der Waals surface area contributed by atoms with Crippen LogP contribution in [-0.4, -0.2) is 34.2 Å². The molecule has 0 aromatic carbocycles. The highest BCUT2D eigenvalue weighted by Gasteiger charge is 2.44. The van der Waals surface area contributed by atoms with Crippen LogP contribution in [0.3, 0.4) is 0 Å². The van der Waals surface area contributed by atoms with E-state index < -0.39 is 6.09 Å². The first-order valence-electron chi connectivity index (χ1n) is 4.78. The average Bonchev–Trinajstić information content (AvgIpc) is 2.29. The quantitative estimate of drug-likeness (QED) is 0.682. The molecule has 76 valence electrons. The topological polar surface area (TPSA) is 66.6 Å². The molecule has 0 aromatic heterocycles. The standard InChI is InChI=1S/C9H18N2O2/c1-3-5-9(2)7(10)4-6-11(9)8(12)13/h7H,3-6,10H2,1-2H3,(H,12,13)/t7-,9?/m0/s1. The maximum atomic E-state index is 10.9. The smallest absolute Gasteiger partial charge is 0.407 e. The predicted octanol–water partition coefficient (Wildman–Crippen LogP) is 1.26. The minimum Gasteiger partial charge on any atom is -0.465 e. The maximum absolute atomic E-state index is 10.9. The van der Waals surface area contributed by atoms with E-state index >= 15 is 0 Å². The molecule has 1 unspecified atom stereocenters. The van der Waals surface area contributed by atoms with Gasteiger partial charge in [0.25, 0.3) is 0 Å². The van der Waals surface area contributed by atoms with E-state index in [2.05, 4.69) is 6.92 Å². The van der Waals surface area contributed by atoms with E-state index in [1.807, 2.05) is 6.92 Å². The molecular formula is C9H18N2O2. The van der Waals surface area contributed by atoms with E-state index in [0.717, 1.165) is 19.3 Å². The van der Waals surface area contributed by atoms with Crippen molar-refractivity contribution in [3.8, 4) is 0 Å². The van der Waals surface area contributed by atoms with Gasteiger partial charge in [-0.25, -0.2) is 4.79 Å². The van der Waals surface area contributed by atoms with Gasteiger partial charge in [0.2, 0.25) is 0 Å². The van der Waals surface area contributed by atoms with Crippen LogP contribution < -0.4 is 5.73 Å². The Labute approximate surface area is 78.7 Å². The van der Waals surface area contributed by atoms with E-state index in [1.165, 1.54) is 4.90 Å². The summed E-state index contributed by atoms with van der Waals surface area (Å²) in [5.41, 5.74) is 5.58. The monoisotopic (exact) mass is 186 g/mol. The Morgan fingerprint density at radius 3 is 2.85 bits per heavy atom. The molecular weight excluding hydrogens is 168 g/mol. The molecule has 1 rings (SSSR count). The fourth-order valence-corrected chi connectivity index (χ4v) is 2.18. The van der Waals surface area contributed by atoms with Crippen LogP contribution in [-0.2, 0) is 0 Å². The third-order valence-electron chi connectivity index (χ3n) is 3.07. The summed E-state index contributed by atoms with van der Waals surface area (Å²) in [4.78, 5) is 12.4. The van der Waals surface area contributed by atoms with Crippen molar-refractivity contribution in [3.05, 3.63) is 0 Å². The Hall–Kier alpha value is -0.770. The number of amides is 1. The lowest BCUT2D eigenvalue weighted by atomic mass is 9.89. The van der Waals surface area contributed by atoms with Gasteiger partial charge in [0, 0.05) is 12.6 Å². The second-order valence-corrected chi connectivity index (χ2v) is 3.94. The van der Waals surface area contributed by atoms with E-state index in [4.69, 9.17) is 10.8 Å². The van der Waals surface area contributed by atoms with Gasteiger partial charge in [0.05, 0.1) is 5.54 Å². The summed E-state index contributed by atoms with van der Waals surface area (Å²) >= 11 is 0. The van der Waals surface area contributed by atoms with Gasteiger partial charge in [-0.3, -0.25) is 0 Å². The van der Waals surface area contributed by atoms with Gasteiger partial charge in [-0.15, -0.1) is 0 Å². The van der Waals surface area contributed by atoms with E-state index in [-0.39, 0.29) is 11.6 Å². The second kappa shape index (κ2) is 3.54. The van der Waals surface area contributed by atoms with Crippen LogP contribution in [0.5, 0.6) is 0 Å². The number of hydrogen-bond acceptors (Lipinski definition) is 2. The number of nitrogens with two attached hydrogens (primary N) is 1. The Balaban J connectivity index is 2.80. The molecule has 4 heteroatoms. The molecule has 1 saturated heterocycles. The number of likely N-dealkylation sites (tertiary alicyclic amines) is 1. The molecule has 0 aliphatic carbocycles. The molecule has 2 atom stereocenters. The van der Waals surface area contributed by atoms with Crippen molar-refractivity contribution in [2.75, 3.05) is 6.54 Å². The van der Waals surface area contributed by atoms with Gasteiger partial charge in [0.1, 0.15) is 0 Å². The molecule has 0 bridgehead atoms. The average molecular weight is 186 g/mol. The van der Waals surface area contributed by atoms with Crippen LogP contribution >= 0.6 is 0 Å². The first-order valence-corrected chi connectivity index (χ1v) is 4.78. The van der Waals surface area contributed by atoms with Gasteiger partial charge < -0.3 is 15.7 Å². The zero-order valence-electron chi connectivity index (χ0n) is 8.29. The molecule has 0 saturated carbocycles. The minimum atomic E-state index is -0.844. The van der Waals surface area contributed by atoms with E-state index in [1.54, 1.807) is 0 Å². The van der Waals surface area contributed by atoms with Crippen LogP contribution in [0.4, 0.5) is 4.79 Å². The molecule has 1 aliphatic rings. The number of carboxylic acid groups (broad SMARTS) is 1. The predicted molar refractivity (Wildman–Crippen MR) is 50.6 cm³/mol. The van der Waals surface area contributed by atoms with E-state index in [0.29, 0.717) is 6.54 Å². The van der Waals surface area contributed by atoms with Crippen LogP contribution in [0.2, 0.25) is 0 Å². The summed E-state index contributed by atoms with van der Waals surface area (Å²) in [6, 6.07) is -0.0106. The van der Waals surface area contributed by atoms with Crippen molar-refractivity contribution < 1.29 is 9.90 Å². The van der Waals surface area contributed by atoms with Gasteiger partial charge in [-0.1, -0.05) is 13.3 Å². The summed E-state index contributed by atoms with van der Waals surface area (Å²) in [6.07, 6.45) is 1.75. The number of rotatable bonds is 2. The van der Waals surface area contributed by atoms with Gasteiger partial charge >= 0.3 is 6.09 Å². The molecule has 1 amide bonds. The highest BCUT2D eigenvalue weighted by atomic mass is 16.4. The van der Waals surface area contributed by atoms with Crippen LogP contribution in [0.1, 0.15) is 33.1 Å². The second-order valence-electron chi connectivity index (χ2n) is 3.94. The lowest BCUT2D eigenvalue weighted by molar-refractivity contribution is 0.0996. The Morgan fingerprint density at radius 1 is 1.77 bits per heavy atom. The van der Waals surface area contributed by atoms with Crippen molar-refractivity contribution in [1.82, 2.24) is 4.90 Å². The Morgan fingerprint density at radius 2 is 2.38 bits per heavy atom. The lowest BCUT2D eigenvalue weighted by Crippen LogP contribution is -2.52. The van der Waals surface area contributed by atoms with Gasteiger partial charge in [-0.2, -0.15) is 0 Å². The van der Waals surface area contributed by atoms with Crippen molar-refractivity contribution in [2.45, 2.75) is 44.7 Å². The molecule has 3 N–H and O–H groups in total. The summed E-state index contributed by atoms with van der Waals surface area (Å²) in [7, 11) is 0. The SMILES string of the molecule is CCCC1(C)[C@@H](N)CCN1C(=O)O. The molecule has 1 heterocycles. The Bertz CT molecular complexity index is 208. The molecule has 0 aromatic rings. The fraction of sp³-hybridized carbons (Fsp3) is 0.889. The summed E-state index contributed by atoms with van der Waals surface area (Å²) in [6.45, 7) is 4.58. The summed E-state index contributed by atoms with van der Waals surface area (Å²) < 4.78 is 0.